The summed E-state index contributed by atoms with van der Waals surface area (Å²) >= 11 is 0. The molecule has 0 bridgehead atoms. The number of hydrogen-bond acceptors (Lipinski definition) is 5. The second-order valence-electron chi connectivity index (χ2n) is 8.25. The smallest absolute Gasteiger partial charge is 0.328 e. The van der Waals surface area contributed by atoms with E-state index in [2.05, 4.69) is 51.8 Å². The van der Waals surface area contributed by atoms with Crippen LogP contribution in [0.15, 0.2) is 53.5 Å². The first-order valence-electron chi connectivity index (χ1n) is 10.5. The molecule has 162 valence electrons. The van der Waals surface area contributed by atoms with Crippen molar-refractivity contribution in [3.05, 3.63) is 70.4 Å². The van der Waals surface area contributed by atoms with Crippen molar-refractivity contribution >= 4 is 27.6 Å². The third-order valence-corrected chi connectivity index (χ3v) is 6.21. The number of benzene rings is 2. The predicted octanol–water partition coefficient (Wildman–Crippen LogP) is 3.70. The van der Waals surface area contributed by atoms with Crippen molar-refractivity contribution in [2.75, 3.05) is 5.32 Å². The van der Waals surface area contributed by atoms with Gasteiger partial charge in [0.05, 0.1) is 28.5 Å². The topological polar surface area (TPSA) is 82.6 Å². The Kier molecular flexibility index (Phi) is 4.58. The highest BCUT2D eigenvalue weighted by molar-refractivity contribution is 6.01. The van der Waals surface area contributed by atoms with Gasteiger partial charge in [-0.2, -0.15) is 10.2 Å². The van der Waals surface area contributed by atoms with Crippen LogP contribution in [-0.4, -0.2) is 29.1 Å². The van der Waals surface area contributed by atoms with E-state index in [1.807, 2.05) is 36.9 Å². The molecule has 3 aromatic heterocycles. The minimum absolute atomic E-state index is 0.00123. The van der Waals surface area contributed by atoms with Crippen LogP contribution in [0.3, 0.4) is 0 Å². The maximum Gasteiger partial charge on any atom is 0.328 e. The quantitative estimate of drug-likeness (QED) is 0.473. The molecule has 0 aliphatic rings. The van der Waals surface area contributed by atoms with Crippen molar-refractivity contribution < 1.29 is 0 Å². The Labute approximate surface area is 185 Å². The second-order valence-corrected chi connectivity index (χ2v) is 8.25. The van der Waals surface area contributed by atoms with E-state index in [9.17, 15) is 4.79 Å². The number of rotatable bonds is 4. The van der Waals surface area contributed by atoms with Gasteiger partial charge in [0.2, 0.25) is 0 Å². The first-order chi connectivity index (χ1) is 15.3. The number of nitrogens with one attached hydrogen (secondary N) is 1. The van der Waals surface area contributed by atoms with Crippen LogP contribution in [0.1, 0.15) is 24.2 Å². The van der Waals surface area contributed by atoms with Crippen LogP contribution in [0.4, 0.5) is 5.82 Å². The predicted molar refractivity (Wildman–Crippen MR) is 127 cm³/mol. The van der Waals surface area contributed by atoms with Crippen LogP contribution >= 0.6 is 0 Å². The summed E-state index contributed by atoms with van der Waals surface area (Å²) in [7, 11) is 5.52. The largest absolute Gasteiger partial charge is 0.362 e. The summed E-state index contributed by atoms with van der Waals surface area (Å²) in [6.45, 7) is 4.04. The normalized spacial score (nSPS) is 12.5. The lowest BCUT2D eigenvalue weighted by molar-refractivity contribution is 0.775. The monoisotopic (exact) mass is 427 g/mol. The van der Waals surface area contributed by atoms with Crippen LogP contribution < -0.4 is 11.0 Å². The van der Waals surface area contributed by atoms with Gasteiger partial charge >= 0.3 is 5.69 Å². The van der Waals surface area contributed by atoms with E-state index < -0.39 is 0 Å². The summed E-state index contributed by atoms with van der Waals surface area (Å²) in [6.07, 6.45) is 1.80. The lowest BCUT2D eigenvalue weighted by Crippen LogP contribution is -2.19. The second kappa shape index (κ2) is 7.33. The fraction of sp³-hybridized carbons (Fsp3) is 0.250. The molecule has 0 aliphatic heterocycles. The molecule has 0 radical (unpaired) electrons. The summed E-state index contributed by atoms with van der Waals surface area (Å²) in [4.78, 5) is 12.4. The molecule has 0 unspecified atom stereocenters. The number of nitrogens with zero attached hydrogens (tertiary/aromatic N) is 6. The maximum atomic E-state index is 12.4. The van der Waals surface area contributed by atoms with Gasteiger partial charge in [-0.3, -0.25) is 13.8 Å². The van der Waals surface area contributed by atoms with E-state index in [1.165, 1.54) is 0 Å². The van der Waals surface area contributed by atoms with Gasteiger partial charge in [-0.1, -0.05) is 18.2 Å². The van der Waals surface area contributed by atoms with Crippen molar-refractivity contribution in [3.63, 3.8) is 0 Å². The Morgan fingerprint density at radius 3 is 2.34 bits per heavy atom. The zero-order chi connectivity index (χ0) is 22.6. The molecule has 0 saturated carbocycles. The van der Waals surface area contributed by atoms with Gasteiger partial charge in [0.25, 0.3) is 0 Å². The molecule has 2 aromatic carbocycles. The van der Waals surface area contributed by atoms with E-state index in [0.29, 0.717) is 5.82 Å². The summed E-state index contributed by atoms with van der Waals surface area (Å²) in [5, 5.41) is 18.6. The Morgan fingerprint density at radius 2 is 1.66 bits per heavy atom. The van der Waals surface area contributed by atoms with Crippen LogP contribution in [-0.2, 0) is 21.1 Å². The molecule has 5 rings (SSSR count). The molecule has 8 nitrogen and oxygen atoms in total. The summed E-state index contributed by atoms with van der Waals surface area (Å²) in [5.74, 6) is 0.697. The molecule has 0 spiro atoms. The molecule has 0 aliphatic carbocycles. The van der Waals surface area contributed by atoms with E-state index in [4.69, 9.17) is 0 Å². The maximum absolute atomic E-state index is 12.4. The highest BCUT2D eigenvalue weighted by Crippen LogP contribution is 2.30. The minimum Gasteiger partial charge on any atom is -0.362 e. The third-order valence-electron chi connectivity index (χ3n) is 6.21. The molecule has 1 N–H and O–H groups in total. The standard InChI is InChI=1S/C24H25N7O/c1-14(16-7-6-8-17(11-16)20-9-10-25-31(20)5)26-23-19-13-22-21(29(3)24(32)30(22)4)12-18(19)15(2)27-28-23/h6-14H,1-5H3,(H,26,28)/t14-/m1/s1. The first kappa shape index (κ1) is 20.0. The molecule has 3 heterocycles. The molecule has 1 atom stereocenters. The third kappa shape index (κ3) is 3.07. The van der Waals surface area contributed by atoms with Crippen LogP contribution in [0.5, 0.6) is 0 Å². The molecular formula is C24H25N7O. The zero-order valence-corrected chi connectivity index (χ0v) is 18.8. The zero-order valence-electron chi connectivity index (χ0n) is 18.8. The highest BCUT2D eigenvalue weighted by Gasteiger charge is 2.16. The molecule has 0 fully saturated rings. The van der Waals surface area contributed by atoms with Crippen molar-refractivity contribution in [3.8, 4) is 11.3 Å². The van der Waals surface area contributed by atoms with Crippen molar-refractivity contribution in [2.45, 2.75) is 19.9 Å². The number of anilines is 1. The number of aryl methyl sites for hydroxylation is 4. The fourth-order valence-corrected chi connectivity index (χ4v) is 4.29. The lowest BCUT2D eigenvalue weighted by atomic mass is 10.0. The molecule has 0 saturated heterocycles. The SMILES string of the molecule is Cc1nnc(N[C@H](C)c2cccc(-c3ccnn3C)c2)c2cc3c(cc12)n(C)c(=O)n3C. The molecule has 32 heavy (non-hydrogen) atoms. The van der Waals surface area contributed by atoms with Crippen molar-refractivity contribution in [1.82, 2.24) is 29.1 Å². The number of imidazole rings is 1. The fourth-order valence-electron chi connectivity index (χ4n) is 4.29. The van der Waals surface area contributed by atoms with Gasteiger partial charge < -0.3 is 5.32 Å². The van der Waals surface area contributed by atoms with Gasteiger partial charge in [-0.15, -0.1) is 5.10 Å². The summed E-state index contributed by atoms with van der Waals surface area (Å²) in [6, 6.07) is 14.4. The molecule has 5 aromatic rings. The van der Waals surface area contributed by atoms with Crippen molar-refractivity contribution in [1.29, 1.82) is 0 Å². The lowest BCUT2D eigenvalue weighted by Gasteiger charge is -2.17. The highest BCUT2D eigenvalue weighted by atomic mass is 16.1. The number of hydrogen-bond donors (Lipinski definition) is 1. The van der Waals surface area contributed by atoms with E-state index >= 15 is 0 Å². The van der Waals surface area contributed by atoms with Crippen LogP contribution in [0, 0.1) is 6.92 Å². The molecular weight excluding hydrogens is 402 g/mol. The van der Waals surface area contributed by atoms with Gasteiger partial charge in [0.15, 0.2) is 5.82 Å². The molecule has 0 amide bonds. The van der Waals surface area contributed by atoms with Crippen molar-refractivity contribution in [2.24, 2.45) is 21.1 Å². The van der Waals surface area contributed by atoms with Gasteiger partial charge in [0, 0.05) is 43.7 Å². The minimum atomic E-state index is -0.0521. The van der Waals surface area contributed by atoms with Crippen LogP contribution in [0.2, 0.25) is 0 Å². The van der Waals surface area contributed by atoms with Gasteiger partial charge in [-0.05, 0) is 43.7 Å². The van der Waals surface area contributed by atoms with Gasteiger partial charge in [-0.25, -0.2) is 4.79 Å². The Morgan fingerprint density at radius 1 is 0.938 bits per heavy atom. The average Bonchev–Trinajstić information content (AvgIpc) is 3.32. The Hall–Kier alpha value is -3.94. The first-order valence-corrected chi connectivity index (χ1v) is 10.5. The Balaban J connectivity index is 1.58. The van der Waals surface area contributed by atoms with E-state index in [-0.39, 0.29) is 11.7 Å². The average molecular weight is 428 g/mol. The summed E-state index contributed by atoms with van der Waals surface area (Å²) in [5.41, 5.74) is 5.82. The Bertz CT molecular complexity index is 1540. The van der Waals surface area contributed by atoms with Crippen LogP contribution in [0.25, 0.3) is 33.1 Å². The van der Waals surface area contributed by atoms with E-state index in [0.717, 1.165) is 44.3 Å². The number of fused-ring (bicyclic) bond motifs is 2. The van der Waals surface area contributed by atoms with E-state index in [1.54, 1.807) is 29.4 Å². The molecule has 8 heteroatoms. The summed E-state index contributed by atoms with van der Waals surface area (Å²) < 4.78 is 5.19. The number of aromatic nitrogens is 6. The van der Waals surface area contributed by atoms with Gasteiger partial charge in [0.1, 0.15) is 0 Å².